The first-order chi connectivity index (χ1) is 7.02. The number of nitrogens with one attached hydrogen (secondary N) is 1. The number of rotatable bonds is 4. The molecule has 0 radical (unpaired) electrons. The van der Waals surface area contributed by atoms with Crippen LogP contribution in [0, 0.1) is 18.6 Å². The minimum atomic E-state index is -0.608. The smallest absolute Gasteiger partial charge is 0.152 e. The van der Waals surface area contributed by atoms with E-state index in [9.17, 15) is 8.78 Å². The SMILES string of the molecule is Cc1ccc(F)c(NCCC(C)O)c1F. The summed E-state index contributed by atoms with van der Waals surface area (Å²) in [6.45, 7) is 3.55. The maximum absolute atomic E-state index is 13.4. The van der Waals surface area contributed by atoms with Crippen molar-refractivity contribution in [1.82, 2.24) is 0 Å². The lowest BCUT2D eigenvalue weighted by molar-refractivity contribution is 0.188. The number of aliphatic hydroxyl groups is 1. The van der Waals surface area contributed by atoms with Gasteiger partial charge in [0.2, 0.25) is 0 Å². The van der Waals surface area contributed by atoms with Gasteiger partial charge in [0.05, 0.1) is 6.10 Å². The molecule has 4 heteroatoms. The Balaban J connectivity index is 2.71. The van der Waals surface area contributed by atoms with Gasteiger partial charge in [-0.15, -0.1) is 0 Å². The molecule has 84 valence electrons. The number of aryl methyl sites for hydroxylation is 1. The average molecular weight is 215 g/mol. The monoisotopic (exact) mass is 215 g/mol. The van der Waals surface area contributed by atoms with Gasteiger partial charge in [0, 0.05) is 6.54 Å². The Hall–Kier alpha value is -1.16. The molecule has 15 heavy (non-hydrogen) atoms. The second-order valence-electron chi connectivity index (χ2n) is 3.62. The molecule has 0 aliphatic heterocycles. The maximum atomic E-state index is 13.4. The van der Waals surface area contributed by atoms with Crippen molar-refractivity contribution in [3.8, 4) is 0 Å². The van der Waals surface area contributed by atoms with Crippen LogP contribution in [0.2, 0.25) is 0 Å². The fourth-order valence-corrected chi connectivity index (χ4v) is 1.22. The van der Waals surface area contributed by atoms with Gasteiger partial charge in [0.15, 0.2) is 5.82 Å². The molecule has 0 fully saturated rings. The van der Waals surface area contributed by atoms with Gasteiger partial charge in [0.1, 0.15) is 11.5 Å². The first kappa shape index (κ1) is 11.9. The zero-order valence-electron chi connectivity index (χ0n) is 8.85. The molecule has 0 heterocycles. The van der Waals surface area contributed by atoms with Crippen molar-refractivity contribution >= 4 is 5.69 Å². The van der Waals surface area contributed by atoms with E-state index in [2.05, 4.69) is 5.32 Å². The van der Waals surface area contributed by atoms with Crippen molar-refractivity contribution in [3.63, 3.8) is 0 Å². The standard InChI is InChI=1S/C11H15F2NO/c1-7-3-4-9(12)11(10(7)13)14-6-5-8(2)15/h3-4,8,14-15H,5-6H2,1-2H3. The molecule has 2 N–H and O–H groups in total. The zero-order chi connectivity index (χ0) is 11.4. The molecule has 0 spiro atoms. The molecule has 0 saturated carbocycles. The van der Waals surface area contributed by atoms with Crippen LogP contribution in [0.3, 0.4) is 0 Å². The highest BCUT2D eigenvalue weighted by molar-refractivity contribution is 5.48. The van der Waals surface area contributed by atoms with Gasteiger partial charge in [-0.05, 0) is 31.9 Å². The molecule has 0 aliphatic rings. The topological polar surface area (TPSA) is 32.3 Å². The number of aliphatic hydroxyl groups excluding tert-OH is 1. The summed E-state index contributed by atoms with van der Waals surface area (Å²) in [5.41, 5.74) is 0.284. The van der Waals surface area contributed by atoms with Gasteiger partial charge in [-0.3, -0.25) is 0 Å². The quantitative estimate of drug-likeness (QED) is 0.808. The number of halogens is 2. The van der Waals surface area contributed by atoms with Crippen molar-refractivity contribution in [2.24, 2.45) is 0 Å². The third-order valence-electron chi connectivity index (χ3n) is 2.15. The second kappa shape index (κ2) is 5.07. The Kier molecular flexibility index (Phi) is 4.03. The van der Waals surface area contributed by atoms with Crippen LogP contribution < -0.4 is 5.32 Å². The van der Waals surface area contributed by atoms with Crippen LogP contribution in [0.5, 0.6) is 0 Å². The van der Waals surface area contributed by atoms with E-state index in [1.807, 2.05) is 0 Å². The van der Waals surface area contributed by atoms with E-state index in [1.54, 1.807) is 13.8 Å². The van der Waals surface area contributed by atoms with E-state index in [1.165, 1.54) is 12.1 Å². The molecule has 1 aromatic carbocycles. The first-order valence-corrected chi connectivity index (χ1v) is 4.89. The molecule has 1 atom stereocenters. The highest BCUT2D eigenvalue weighted by atomic mass is 19.1. The molecule has 1 rings (SSSR count). The summed E-state index contributed by atoms with van der Waals surface area (Å²) >= 11 is 0. The largest absolute Gasteiger partial charge is 0.393 e. The summed E-state index contributed by atoms with van der Waals surface area (Å²) in [5.74, 6) is -1.18. The maximum Gasteiger partial charge on any atom is 0.152 e. The highest BCUT2D eigenvalue weighted by Crippen LogP contribution is 2.21. The van der Waals surface area contributed by atoms with Gasteiger partial charge in [-0.1, -0.05) is 6.07 Å². The molecule has 0 aromatic heterocycles. The summed E-state index contributed by atoms with van der Waals surface area (Å²) in [6, 6.07) is 2.62. The van der Waals surface area contributed by atoms with Crippen LogP contribution in [0.4, 0.5) is 14.5 Å². The van der Waals surface area contributed by atoms with E-state index in [0.717, 1.165) is 0 Å². The molecule has 0 aliphatic carbocycles. The Labute approximate surface area is 87.9 Å². The fourth-order valence-electron chi connectivity index (χ4n) is 1.22. The van der Waals surface area contributed by atoms with Crippen LogP contribution in [-0.4, -0.2) is 17.8 Å². The summed E-state index contributed by atoms with van der Waals surface area (Å²) in [7, 11) is 0. The first-order valence-electron chi connectivity index (χ1n) is 4.89. The van der Waals surface area contributed by atoms with Crippen molar-refractivity contribution in [1.29, 1.82) is 0 Å². The molecular weight excluding hydrogens is 200 g/mol. The molecular formula is C11H15F2NO. The van der Waals surface area contributed by atoms with Crippen molar-refractivity contribution in [2.75, 3.05) is 11.9 Å². The third-order valence-corrected chi connectivity index (χ3v) is 2.15. The van der Waals surface area contributed by atoms with Crippen molar-refractivity contribution in [3.05, 3.63) is 29.3 Å². The van der Waals surface area contributed by atoms with Gasteiger partial charge in [0.25, 0.3) is 0 Å². The summed E-state index contributed by atoms with van der Waals surface area (Å²) < 4.78 is 26.6. The second-order valence-corrected chi connectivity index (χ2v) is 3.62. The Bertz CT molecular complexity index is 340. The summed E-state index contributed by atoms with van der Waals surface area (Å²) in [5, 5.41) is 11.6. The van der Waals surface area contributed by atoms with E-state index >= 15 is 0 Å². The van der Waals surface area contributed by atoms with Crippen LogP contribution in [0.25, 0.3) is 0 Å². The van der Waals surface area contributed by atoms with Gasteiger partial charge in [-0.2, -0.15) is 0 Å². The van der Waals surface area contributed by atoms with E-state index < -0.39 is 17.7 Å². The summed E-state index contributed by atoms with van der Waals surface area (Å²) in [6.07, 6.45) is -0.0271. The molecule has 1 aromatic rings. The van der Waals surface area contributed by atoms with Gasteiger partial charge < -0.3 is 10.4 Å². The Morgan fingerprint density at radius 1 is 1.40 bits per heavy atom. The minimum Gasteiger partial charge on any atom is -0.393 e. The van der Waals surface area contributed by atoms with Crippen molar-refractivity contribution < 1.29 is 13.9 Å². The lowest BCUT2D eigenvalue weighted by Gasteiger charge is -2.11. The number of hydrogen-bond acceptors (Lipinski definition) is 2. The lowest BCUT2D eigenvalue weighted by atomic mass is 10.2. The Morgan fingerprint density at radius 3 is 2.67 bits per heavy atom. The van der Waals surface area contributed by atoms with Crippen LogP contribution in [0.15, 0.2) is 12.1 Å². The number of anilines is 1. The van der Waals surface area contributed by atoms with Crippen LogP contribution in [-0.2, 0) is 0 Å². The van der Waals surface area contributed by atoms with Crippen LogP contribution in [0.1, 0.15) is 18.9 Å². The third kappa shape index (κ3) is 3.16. The van der Waals surface area contributed by atoms with E-state index in [4.69, 9.17) is 5.11 Å². The van der Waals surface area contributed by atoms with Crippen LogP contribution >= 0.6 is 0 Å². The fraction of sp³-hybridized carbons (Fsp3) is 0.455. The zero-order valence-corrected chi connectivity index (χ0v) is 8.85. The van der Waals surface area contributed by atoms with E-state index in [-0.39, 0.29) is 5.69 Å². The average Bonchev–Trinajstić information content (AvgIpc) is 2.17. The number of benzene rings is 1. The number of hydrogen-bond donors (Lipinski definition) is 2. The summed E-state index contributed by atoms with van der Waals surface area (Å²) in [4.78, 5) is 0. The lowest BCUT2D eigenvalue weighted by Crippen LogP contribution is -2.12. The van der Waals surface area contributed by atoms with Gasteiger partial charge >= 0.3 is 0 Å². The normalized spacial score (nSPS) is 12.6. The highest BCUT2D eigenvalue weighted by Gasteiger charge is 2.10. The minimum absolute atomic E-state index is 0.115. The predicted octanol–water partition coefficient (Wildman–Crippen LogP) is 2.46. The van der Waals surface area contributed by atoms with Crippen molar-refractivity contribution in [2.45, 2.75) is 26.4 Å². The molecule has 1 unspecified atom stereocenters. The van der Waals surface area contributed by atoms with Gasteiger partial charge in [-0.25, -0.2) is 8.78 Å². The van der Waals surface area contributed by atoms with E-state index in [0.29, 0.717) is 18.5 Å². The molecule has 0 bridgehead atoms. The Morgan fingerprint density at radius 2 is 2.07 bits per heavy atom. The molecule has 0 amide bonds. The molecule has 2 nitrogen and oxygen atoms in total. The molecule has 0 saturated heterocycles. The predicted molar refractivity (Wildman–Crippen MR) is 55.9 cm³/mol.